The quantitative estimate of drug-likeness (QED) is 0.717. The Morgan fingerprint density at radius 3 is 2.79 bits per heavy atom. The van der Waals surface area contributed by atoms with Crippen LogP contribution in [0.3, 0.4) is 0 Å². The molecule has 1 aliphatic rings. The van der Waals surface area contributed by atoms with Crippen molar-refractivity contribution in [3.8, 4) is 0 Å². The molecule has 1 atom stereocenters. The summed E-state index contributed by atoms with van der Waals surface area (Å²) in [5, 5.41) is 0. The second-order valence-corrected chi connectivity index (χ2v) is 3.99. The lowest BCUT2D eigenvalue weighted by molar-refractivity contribution is 0.0592. The van der Waals surface area contributed by atoms with Crippen LogP contribution in [-0.2, 0) is 4.74 Å². The lowest BCUT2D eigenvalue weighted by atomic mass is 9.85. The van der Waals surface area contributed by atoms with Crippen LogP contribution in [0.25, 0.3) is 0 Å². The summed E-state index contributed by atoms with van der Waals surface area (Å²) < 4.78 is 5.37. The molecule has 0 N–H and O–H groups in total. The van der Waals surface area contributed by atoms with Crippen molar-refractivity contribution < 1.29 is 4.74 Å². The van der Waals surface area contributed by atoms with Crippen molar-refractivity contribution in [1.82, 2.24) is 4.98 Å². The molecule has 1 fully saturated rings. The predicted octanol–water partition coefficient (Wildman–Crippen LogP) is 2.61. The molecule has 1 saturated heterocycles. The first-order chi connectivity index (χ1) is 6.88. The summed E-state index contributed by atoms with van der Waals surface area (Å²) in [6.07, 6.45) is 4.24. The lowest BCUT2D eigenvalue weighted by Gasteiger charge is -2.27. The minimum atomic E-state index is 0.570. The van der Waals surface area contributed by atoms with E-state index < -0.39 is 0 Å². The summed E-state index contributed by atoms with van der Waals surface area (Å²) in [5.41, 5.74) is 1.22. The molecule has 2 heterocycles. The van der Waals surface area contributed by atoms with Crippen molar-refractivity contribution in [2.24, 2.45) is 5.92 Å². The Balaban J connectivity index is 2.03. The Morgan fingerprint density at radius 1 is 1.36 bits per heavy atom. The minimum absolute atomic E-state index is 0.570. The maximum absolute atomic E-state index is 5.37. The smallest absolute Gasteiger partial charge is 0.0468 e. The Morgan fingerprint density at radius 2 is 2.14 bits per heavy atom. The van der Waals surface area contributed by atoms with Crippen molar-refractivity contribution in [2.45, 2.75) is 25.7 Å². The molecule has 0 spiro atoms. The molecular formula is C12H17NO. The van der Waals surface area contributed by atoms with Gasteiger partial charge in [-0.2, -0.15) is 0 Å². The third-order valence-corrected chi connectivity index (χ3v) is 3.13. The molecule has 0 saturated carbocycles. The number of hydrogen-bond donors (Lipinski definition) is 0. The van der Waals surface area contributed by atoms with Gasteiger partial charge < -0.3 is 4.74 Å². The highest BCUT2D eigenvalue weighted by Crippen LogP contribution is 2.30. The second kappa shape index (κ2) is 4.56. The van der Waals surface area contributed by atoms with Gasteiger partial charge in [-0.25, -0.2) is 0 Å². The minimum Gasteiger partial charge on any atom is -0.381 e. The third-order valence-electron chi connectivity index (χ3n) is 3.13. The van der Waals surface area contributed by atoms with E-state index in [1.54, 1.807) is 0 Å². The highest BCUT2D eigenvalue weighted by atomic mass is 16.5. The van der Waals surface area contributed by atoms with Crippen LogP contribution in [0.15, 0.2) is 24.4 Å². The molecule has 0 aliphatic carbocycles. The molecule has 1 unspecified atom stereocenters. The molecule has 2 rings (SSSR count). The highest BCUT2D eigenvalue weighted by Gasteiger charge is 2.22. The molecule has 1 aromatic rings. The number of nitrogens with zero attached hydrogens (tertiary/aromatic N) is 1. The molecule has 14 heavy (non-hydrogen) atoms. The largest absolute Gasteiger partial charge is 0.381 e. The molecule has 0 aromatic carbocycles. The summed E-state index contributed by atoms with van der Waals surface area (Å²) >= 11 is 0. The van der Waals surface area contributed by atoms with Crippen LogP contribution in [0.4, 0.5) is 0 Å². The van der Waals surface area contributed by atoms with Crippen LogP contribution in [0.2, 0.25) is 0 Å². The fourth-order valence-corrected chi connectivity index (χ4v) is 2.10. The van der Waals surface area contributed by atoms with Gasteiger partial charge >= 0.3 is 0 Å². The maximum atomic E-state index is 5.37. The first-order valence-corrected chi connectivity index (χ1v) is 5.36. The highest BCUT2D eigenvalue weighted by molar-refractivity contribution is 5.09. The Labute approximate surface area is 85.3 Å². The van der Waals surface area contributed by atoms with E-state index in [1.165, 1.54) is 18.5 Å². The first-order valence-electron chi connectivity index (χ1n) is 5.36. The Hall–Kier alpha value is -0.890. The molecule has 76 valence electrons. The van der Waals surface area contributed by atoms with Crippen LogP contribution in [-0.4, -0.2) is 18.2 Å². The van der Waals surface area contributed by atoms with Crippen LogP contribution < -0.4 is 0 Å². The van der Waals surface area contributed by atoms with E-state index >= 15 is 0 Å². The van der Waals surface area contributed by atoms with Crippen molar-refractivity contribution in [2.75, 3.05) is 13.2 Å². The zero-order chi connectivity index (χ0) is 9.80. The zero-order valence-electron chi connectivity index (χ0n) is 8.65. The summed E-state index contributed by atoms with van der Waals surface area (Å²) in [6, 6.07) is 6.17. The van der Waals surface area contributed by atoms with Crippen LogP contribution in [0.5, 0.6) is 0 Å². The summed E-state index contributed by atoms with van der Waals surface area (Å²) in [6.45, 7) is 4.11. The van der Waals surface area contributed by atoms with Crippen molar-refractivity contribution in [3.05, 3.63) is 30.1 Å². The Bertz CT molecular complexity index is 267. The lowest BCUT2D eigenvalue weighted by Crippen LogP contribution is -2.21. The van der Waals surface area contributed by atoms with Gasteiger partial charge in [0.2, 0.25) is 0 Å². The van der Waals surface area contributed by atoms with E-state index in [1.807, 2.05) is 12.3 Å². The Kier molecular flexibility index (Phi) is 3.14. The molecule has 2 nitrogen and oxygen atoms in total. The number of pyridine rings is 1. The van der Waals surface area contributed by atoms with E-state index in [-0.39, 0.29) is 0 Å². The third kappa shape index (κ3) is 2.13. The van der Waals surface area contributed by atoms with Gasteiger partial charge in [-0.1, -0.05) is 13.0 Å². The normalized spacial score (nSPS) is 20.6. The average Bonchev–Trinajstić information content (AvgIpc) is 2.30. The van der Waals surface area contributed by atoms with Gasteiger partial charge in [0, 0.05) is 31.0 Å². The number of ether oxygens (including phenoxy) is 1. The van der Waals surface area contributed by atoms with Crippen LogP contribution in [0, 0.1) is 5.92 Å². The van der Waals surface area contributed by atoms with E-state index in [0.717, 1.165) is 19.1 Å². The number of hydrogen-bond acceptors (Lipinski definition) is 2. The molecular weight excluding hydrogens is 174 g/mol. The van der Waals surface area contributed by atoms with Gasteiger partial charge in [-0.15, -0.1) is 0 Å². The van der Waals surface area contributed by atoms with Gasteiger partial charge in [0.15, 0.2) is 0 Å². The second-order valence-electron chi connectivity index (χ2n) is 3.99. The maximum Gasteiger partial charge on any atom is 0.0468 e. The van der Waals surface area contributed by atoms with Crippen LogP contribution >= 0.6 is 0 Å². The van der Waals surface area contributed by atoms with Gasteiger partial charge in [0.1, 0.15) is 0 Å². The van der Waals surface area contributed by atoms with Crippen molar-refractivity contribution in [1.29, 1.82) is 0 Å². The summed E-state index contributed by atoms with van der Waals surface area (Å²) in [4.78, 5) is 4.41. The van der Waals surface area contributed by atoms with E-state index in [9.17, 15) is 0 Å². The van der Waals surface area contributed by atoms with Gasteiger partial charge in [0.25, 0.3) is 0 Å². The van der Waals surface area contributed by atoms with Gasteiger partial charge in [-0.05, 0) is 30.9 Å². The van der Waals surface area contributed by atoms with Crippen molar-refractivity contribution in [3.63, 3.8) is 0 Å². The predicted molar refractivity (Wildman–Crippen MR) is 56.2 cm³/mol. The first kappa shape index (κ1) is 9.66. The zero-order valence-corrected chi connectivity index (χ0v) is 8.65. The molecule has 0 amide bonds. The van der Waals surface area contributed by atoms with Gasteiger partial charge in [0.05, 0.1) is 0 Å². The molecule has 2 heteroatoms. The molecule has 1 aromatic heterocycles. The number of rotatable bonds is 2. The van der Waals surface area contributed by atoms with E-state index in [4.69, 9.17) is 4.74 Å². The number of aromatic nitrogens is 1. The molecule has 0 bridgehead atoms. The fourth-order valence-electron chi connectivity index (χ4n) is 2.10. The van der Waals surface area contributed by atoms with Crippen molar-refractivity contribution >= 4 is 0 Å². The summed E-state index contributed by atoms with van der Waals surface area (Å²) in [5.74, 6) is 1.32. The summed E-state index contributed by atoms with van der Waals surface area (Å²) in [7, 11) is 0. The topological polar surface area (TPSA) is 22.1 Å². The van der Waals surface area contributed by atoms with Gasteiger partial charge in [-0.3, -0.25) is 4.98 Å². The standard InChI is InChI=1S/C12H17NO/c1-10(11-5-8-14-9-6-11)12-4-2-3-7-13-12/h2-4,7,10-11H,5-6,8-9H2,1H3. The fraction of sp³-hybridized carbons (Fsp3) is 0.583. The van der Waals surface area contributed by atoms with Crippen LogP contribution in [0.1, 0.15) is 31.4 Å². The SMILES string of the molecule is CC(c1ccccn1)C1CCOCC1. The molecule has 0 radical (unpaired) electrons. The van der Waals surface area contributed by atoms with E-state index in [0.29, 0.717) is 5.92 Å². The monoisotopic (exact) mass is 191 g/mol. The van der Waals surface area contributed by atoms with E-state index in [2.05, 4.69) is 24.0 Å². The molecule has 1 aliphatic heterocycles. The average molecular weight is 191 g/mol.